The third-order valence-electron chi connectivity index (χ3n) is 2.75. The molecular weight excluding hydrogens is 260 g/mol. The van der Waals surface area contributed by atoms with Gasteiger partial charge in [0.15, 0.2) is 0 Å². The number of nitrogens with one attached hydrogen (secondary N) is 2. The zero-order valence-electron chi connectivity index (χ0n) is 10.6. The van der Waals surface area contributed by atoms with E-state index in [0.717, 1.165) is 22.7 Å². The Labute approximate surface area is 115 Å². The number of nitrogens with two attached hydrogens (primary N) is 1. The van der Waals surface area contributed by atoms with Crippen molar-refractivity contribution in [1.29, 1.82) is 0 Å². The van der Waals surface area contributed by atoms with Crippen molar-refractivity contribution in [2.24, 2.45) is 5.84 Å². The minimum absolute atomic E-state index is 0.0803. The molecule has 1 heterocycles. The topological polar surface area (TPSA) is 80.0 Å². The van der Waals surface area contributed by atoms with Gasteiger partial charge in [-0.25, -0.2) is 4.98 Å². The number of nitrogen functional groups attached to an aromatic ring is 1. The molecule has 0 fully saturated rings. The number of nitrogens with zero attached hydrogens (tertiary/aromatic N) is 1. The molecule has 2 aromatic rings. The SMILES string of the molecule is Cc1cc(C(=O)NCCc2nccs2)ccc1NN. The van der Waals surface area contributed by atoms with Crippen molar-refractivity contribution in [3.05, 3.63) is 45.9 Å². The van der Waals surface area contributed by atoms with Crippen LogP contribution in [0.4, 0.5) is 5.69 Å². The quantitative estimate of drug-likeness (QED) is 0.573. The van der Waals surface area contributed by atoms with Gasteiger partial charge in [-0.15, -0.1) is 11.3 Å². The van der Waals surface area contributed by atoms with E-state index in [0.29, 0.717) is 12.1 Å². The molecule has 2 rings (SSSR count). The molecule has 0 aliphatic rings. The van der Waals surface area contributed by atoms with Gasteiger partial charge >= 0.3 is 0 Å². The lowest BCUT2D eigenvalue weighted by molar-refractivity contribution is 0.0954. The number of aryl methyl sites for hydroxylation is 1. The van der Waals surface area contributed by atoms with E-state index in [1.807, 2.05) is 18.4 Å². The summed E-state index contributed by atoms with van der Waals surface area (Å²) in [7, 11) is 0. The van der Waals surface area contributed by atoms with E-state index < -0.39 is 0 Å². The summed E-state index contributed by atoms with van der Waals surface area (Å²) in [6, 6.07) is 5.36. The number of rotatable bonds is 5. The number of amides is 1. The number of hydrazine groups is 1. The fourth-order valence-electron chi connectivity index (χ4n) is 1.73. The largest absolute Gasteiger partial charge is 0.352 e. The molecule has 19 heavy (non-hydrogen) atoms. The summed E-state index contributed by atoms with van der Waals surface area (Å²) in [5, 5.41) is 5.83. The van der Waals surface area contributed by atoms with Gasteiger partial charge in [-0.3, -0.25) is 10.6 Å². The summed E-state index contributed by atoms with van der Waals surface area (Å²) < 4.78 is 0. The summed E-state index contributed by atoms with van der Waals surface area (Å²) >= 11 is 1.59. The molecule has 0 atom stereocenters. The lowest BCUT2D eigenvalue weighted by atomic mass is 10.1. The van der Waals surface area contributed by atoms with E-state index in [4.69, 9.17) is 5.84 Å². The van der Waals surface area contributed by atoms with Crippen molar-refractivity contribution in [3.8, 4) is 0 Å². The van der Waals surface area contributed by atoms with E-state index in [9.17, 15) is 4.79 Å². The van der Waals surface area contributed by atoms with Crippen LogP contribution in [0.1, 0.15) is 20.9 Å². The Hall–Kier alpha value is -1.92. The van der Waals surface area contributed by atoms with Crippen LogP contribution in [-0.4, -0.2) is 17.4 Å². The van der Waals surface area contributed by atoms with Crippen molar-refractivity contribution in [3.63, 3.8) is 0 Å². The van der Waals surface area contributed by atoms with Gasteiger partial charge in [0, 0.05) is 30.1 Å². The number of carbonyl (C=O) groups excluding carboxylic acids is 1. The predicted octanol–water partition coefficient (Wildman–Crippen LogP) is 1.71. The minimum Gasteiger partial charge on any atom is -0.352 e. The first-order valence-electron chi connectivity index (χ1n) is 5.94. The van der Waals surface area contributed by atoms with Crippen LogP contribution in [0, 0.1) is 6.92 Å². The summed E-state index contributed by atoms with van der Waals surface area (Å²) in [5.41, 5.74) is 4.98. The highest BCUT2D eigenvalue weighted by Gasteiger charge is 2.07. The first-order valence-corrected chi connectivity index (χ1v) is 6.82. The van der Waals surface area contributed by atoms with E-state index in [2.05, 4.69) is 15.7 Å². The van der Waals surface area contributed by atoms with Crippen molar-refractivity contribution in [2.75, 3.05) is 12.0 Å². The monoisotopic (exact) mass is 276 g/mol. The minimum atomic E-state index is -0.0803. The van der Waals surface area contributed by atoms with Crippen LogP contribution in [0.5, 0.6) is 0 Å². The zero-order chi connectivity index (χ0) is 13.7. The highest BCUT2D eigenvalue weighted by atomic mass is 32.1. The Morgan fingerprint density at radius 2 is 2.32 bits per heavy atom. The third-order valence-corrected chi connectivity index (χ3v) is 3.59. The second kappa shape index (κ2) is 6.31. The Balaban J connectivity index is 1.91. The lowest BCUT2D eigenvalue weighted by Gasteiger charge is -2.08. The van der Waals surface area contributed by atoms with E-state index in [1.54, 1.807) is 29.7 Å². The molecule has 6 heteroatoms. The number of benzene rings is 1. The molecule has 4 N–H and O–H groups in total. The van der Waals surface area contributed by atoms with Gasteiger partial charge in [-0.2, -0.15) is 0 Å². The van der Waals surface area contributed by atoms with Crippen LogP contribution in [0.2, 0.25) is 0 Å². The second-order valence-electron chi connectivity index (χ2n) is 4.11. The summed E-state index contributed by atoms with van der Waals surface area (Å²) in [6.07, 6.45) is 2.52. The summed E-state index contributed by atoms with van der Waals surface area (Å²) in [4.78, 5) is 16.1. The van der Waals surface area contributed by atoms with Gasteiger partial charge in [-0.1, -0.05) is 0 Å². The average molecular weight is 276 g/mol. The number of aromatic nitrogens is 1. The molecule has 0 unspecified atom stereocenters. The molecule has 0 bridgehead atoms. The van der Waals surface area contributed by atoms with E-state index in [-0.39, 0.29) is 5.91 Å². The molecular formula is C13H16N4OS. The molecule has 0 aliphatic heterocycles. The molecule has 1 aromatic heterocycles. The number of hydrogen-bond acceptors (Lipinski definition) is 5. The highest BCUT2D eigenvalue weighted by Crippen LogP contribution is 2.15. The summed E-state index contributed by atoms with van der Waals surface area (Å²) in [6.45, 7) is 2.49. The fraction of sp³-hybridized carbons (Fsp3) is 0.231. The molecule has 100 valence electrons. The molecule has 1 amide bonds. The van der Waals surface area contributed by atoms with Gasteiger partial charge in [-0.05, 0) is 30.7 Å². The Morgan fingerprint density at radius 3 is 2.95 bits per heavy atom. The zero-order valence-corrected chi connectivity index (χ0v) is 11.5. The number of carbonyl (C=O) groups is 1. The normalized spacial score (nSPS) is 10.2. The number of hydrogen-bond donors (Lipinski definition) is 3. The van der Waals surface area contributed by atoms with Crippen molar-refractivity contribution in [2.45, 2.75) is 13.3 Å². The first-order chi connectivity index (χ1) is 9.20. The molecule has 0 saturated heterocycles. The highest BCUT2D eigenvalue weighted by molar-refractivity contribution is 7.09. The van der Waals surface area contributed by atoms with Crippen molar-refractivity contribution >= 4 is 22.9 Å². The number of anilines is 1. The van der Waals surface area contributed by atoms with Gasteiger partial charge < -0.3 is 10.7 Å². The van der Waals surface area contributed by atoms with E-state index >= 15 is 0 Å². The molecule has 0 saturated carbocycles. The third kappa shape index (κ3) is 3.52. The smallest absolute Gasteiger partial charge is 0.251 e. The first kappa shape index (κ1) is 13.5. The average Bonchev–Trinajstić information content (AvgIpc) is 2.91. The second-order valence-corrected chi connectivity index (χ2v) is 5.08. The van der Waals surface area contributed by atoms with Gasteiger partial charge in [0.1, 0.15) is 0 Å². The Bertz CT molecular complexity index is 554. The fourth-order valence-corrected chi connectivity index (χ4v) is 2.35. The maximum Gasteiger partial charge on any atom is 0.251 e. The molecule has 0 aliphatic carbocycles. The summed E-state index contributed by atoms with van der Waals surface area (Å²) in [5.74, 6) is 5.27. The van der Waals surface area contributed by atoms with Crippen LogP contribution in [0.15, 0.2) is 29.8 Å². The standard InChI is InChI=1S/C13H16N4OS/c1-9-8-10(2-3-11(9)17-14)13(18)16-5-4-12-15-6-7-19-12/h2-3,6-8,17H,4-5,14H2,1H3,(H,16,18). The van der Waals surface area contributed by atoms with Crippen LogP contribution < -0.4 is 16.6 Å². The molecule has 0 spiro atoms. The lowest BCUT2D eigenvalue weighted by Crippen LogP contribution is -2.25. The maximum absolute atomic E-state index is 11.9. The van der Waals surface area contributed by atoms with Crippen LogP contribution in [0.3, 0.4) is 0 Å². The van der Waals surface area contributed by atoms with Crippen LogP contribution in [-0.2, 0) is 6.42 Å². The Morgan fingerprint density at radius 1 is 1.47 bits per heavy atom. The molecule has 1 aromatic carbocycles. The van der Waals surface area contributed by atoms with Gasteiger partial charge in [0.25, 0.3) is 5.91 Å². The van der Waals surface area contributed by atoms with Crippen molar-refractivity contribution in [1.82, 2.24) is 10.3 Å². The van der Waals surface area contributed by atoms with Crippen LogP contribution >= 0.6 is 11.3 Å². The van der Waals surface area contributed by atoms with Gasteiger partial charge in [0.2, 0.25) is 0 Å². The molecule has 0 radical (unpaired) electrons. The number of thiazole rings is 1. The van der Waals surface area contributed by atoms with Crippen molar-refractivity contribution < 1.29 is 4.79 Å². The maximum atomic E-state index is 11.9. The molecule has 5 nitrogen and oxygen atoms in total. The van der Waals surface area contributed by atoms with E-state index in [1.165, 1.54) is 0 Å². The van der Waals surface area contributed by atoms with Gasteiger partial charge in [0.05, 0.1) is 10.7 Å². The Kier molecular flexibility index (Phi) is 4.48. The van der Waals surface area contributed by atoms with Crippen LogP contribution in [0.25, 0.3) is 0 Å². The predicted molar refractivity (Wildman–Crippen MR) is 77.1 cm³/mol.